The minimum absolute atomic E-state index is 0. The Bertz CT molecular complexity index is 262. The Morgan fingerprint density at radius 1 is 1.50 bits per heavy atom. The van der Waals surface area contributed by atoms with E-state index >= 15 is 0 Å². The van der Waals surface area contributed by atoms with Gasteiger partial charge in [-0.25, -0.2) is 0 Å². The van der Waals surface area contributed by atoms with Crippen molar-refractivity contribution in [2.45, 2.75) is 6.04 Å². The monoisotopic (exact) mass is 185 g/mol. The van der Waals surface area contributed by atoms with Crippen LogP contribution in [0, 0.1) is 0 Å². The van der Waals surface area contributed by atoms with Crippen LogP contribution < -0.4 is 5.73 Å². The lowest BCUT2D eigenvalue weighted by Crippen LogP contribution is -2.05. The first-order valence-electron chi connectivity index (χ1n) is 3.41. The standard InChI is InChI=1S/C9H11NO.ClH/c1-2-9(10)7-4-3-5-8(11)6-7;/h2-6,9,11H,1,10H2;1H/t9-;/m1./s1. The first-order chi connectivity index (χ1) is 5.24. The third kappa shape index (κ3) is 2.57. The molecule has 2 nitrogen and oxygen atoms in total. The summed E-state index contributed by atoms with van der Waals surface area (Å²) in [5.74, 6) is 0.236. The SMILES string of the molecule is C=C[C@@H](N)c1cccc(O)c1.Cl. The molecule has 0 heterocycles. The number of nitrogens with two attached hydrogens (primary N) is 1. The second kappa shape index (κ2) is 4.80. The van der Waals surface area contributed by atoms with Crippen LogP contribution in [0.4, 0.5) is 0 Å². The van der Waals surface area contributed by atoms with Crippen LogP contribution in [0.1, 0.15) is 11.6 Å². The molecule has 12 heavy (non-hydrogen) atoms. The van der Waals surface area contributed by atoms with Gasteiger partial charge in [0, 0.05) is 6.04 Å². The van der Waals surface area contributed by atoms with Crippen LogP contribution in [0.15, 0.2) is 36.9 Å². The highest BCUT2D eigenvalue weighted by atomic mass is 35.5. The van der Waals surface area contributed by atoms with Crippen molar-refractivity contribution in [1.29, 1.82) is 0 Å². The van der Waals surface area contributed by atoms with Gasteiger partial charge in [-0.3, -0.25) is 0 Å². The van der Waals surface area contributed by atoms with E-state index in [1.54, 1.807) is 24.3 Å². The summed E-state index contributed by atoms with van der Waals surface area (Å²) in [5, 5.41) is 9.07. The van der Waals surface area contributed by atoms with Crippen molar-refractivity contribution in [1.82, 2.24) is 0 Å². The predicted molar refractivity (Wildman–Crippen MR) is 52.5 cm³/mol. The van der Waals surface area contributed by atoms with Crippen LogP contribution in [-0.4, -0.2) is 5.11 Å². The van der Waals surface area contributed by atoms with Crippen molar-refractivity contribution >= 4 is 12.4 Å². The van der Waals surface area contributed by atoms with Gasteiger partial charge in [-0.1, -0.05) is 18.2 Å². The first kappa shape index (κ1) is 11.0. The molecule has 0 fully saturated rings. The largest absolute Gasteiger partial charge is 0.508 e. The molecule has 1 aromatic carbocycles. The highest BCUT2D eigenvalue weighted by Crippen LogP contribution is 2.16. The first-order valence-corrected chi connectivity index (χ1v) is 3.41. The van der Waals surface area contributed by atoms with E-state index in [1.165, 1.54) is 0 Å². The molecule has 0 saturated carbocycles. The summed E-state index contributed by atoms with van der Waals surface area (Å²) in [5.41, 5.74) is 6.51. The lowest BCUT2D eigenvalue weighted by molar-refractivity contribution is 0.474. The minimum Gasteiger partial charge on any atom is -0.508 e. The second-order valence-electron chi connectivity index (χ2n) is 2.36. The van der Waals surface area contributed by atoms with Gasteiger partial charge >= 0.3 is 0 Å². The zero-order chi connectivity index (χ0) is 8.27. The van der Waals surface area contributed by atoms with Gasteiger partial charge in [0.2, 0.25) is 0 Å². The molecule has 0 radical (unpaired) electrons. The van der Waals surface area contributed by atoms with E-state index in [1.807, 2.05) is 6.07 Å². The summed E-state index contributed by atoms with van der Waals surface area (Å²) in [6.07, 6.45) is 1.63. The molecular formula is C9H12ClNO. The van der Waals surface area contributed by atoms with E-state index in [4.69, 9.17) is 10.8 Å². The van der Waals surface area contributed by atoms with Crippen molar-refractivity contribution in [2.75, 3.05) is 0 Å². The third-order valence-electron chi connectivity index (χ3n) is 1.51. The zero-order valence-corrected chi connectivity index (χ0v) is 7.42. The molecule has 66 valence electrons. The Hall–Kier alpha value is -0.990. The van der Waals surface area contributed by atoms with Crippen LogP contribution in [-0.2, 0) is 0 Å². The highest BCUT2D eigenvalue weighted by Gasteiger charge is 1.99. The van der Waals surface area contributed by atoms with Gasteiger partial charge < -0.3 is 10.8 Å². The Labute approximate surface area is 78.1 Å². The van der Waals surface area contributed by atoms with Crippen LogP contribution in [0.25, 0.3) is 0 Å². The number of hydrogen-bond acceptors (Lipinski definition) is 2. The van der Waals surface area contributed by atoms with Gasteiger partial charge in [-0.15, -0.1) is 19.0 Å². The summed E-state index contributed by atoms with van der Waals surface area (Å²) < 4.78 is 0. The number of aromatic hydroxyl groups is 1. The molecule has 1 aromatic rings. The molecular weight excluding hydrogens is 174 g/mol. The average molecular weight is 186 g/mol. The molecule has 3 N–H and O–H groups in total. The fraction of sp³-hybridized carbons (Fsp3) is 0.111. The van der Waals surface area contributed by atoms with Gasteiger partial charge in [0.05, 0.1) is 0 Å². The van der Waals surface area contributed by atoms with Crippen molar-refractivity contribution in [2.24, 2.45) is 5.73 Å². The number of benzene rings is 1. The van der Waals surface area contributed by atoms with E-state index in [2.05, 4.69) is 6.58 Å². The normalized spacial score (nSPS) is 11.4. The van der Waals surface area contributed by atoms with Crippen molar-refractivity contribution in [3.63, 3.8) is 0 Å². The topological polar surface area (TPSA) is 46.2 Å². The van der Waals surface area contributed by atoms with Crippen LogP contribution >= 0.6 is 12.4 Å². The number of rotatable bonds is 2. The highest BCUT2D eigenvalue weighted by molar-refractivity contribution is 5.85. The van der Waals surface area contributed by atoms with Crippen molar-refractivity contribution in [3.8, 4) is 5.75 Å². The Kier molecular flexibility index (Phi) is 4.40. The smallest absolute Gasteiger partial charge is 0.115 e. The minimum atomic E-state index is -0.193. The van der Waals surface area contributed by atoms with Gasteiger partial charge in [0.15, 0.2) is 0 Å². The predicted octanol–water partition coefficient (Wildman–Crippen LogP) is 2.00. The number of hydrogen-bond donors (Lipinski definition) is 2. The summed E-state index contributed by atoms with van der Waals surface area (Å²) in [7, 11) is 0. The maximum absolute atomic E-state index is 9.07. The summed E-state index contributed by atoms with van der Waals surface area (Å²) >= 11 is 0. The maximum atomic E-state index is 9.07. The van der Waals surface area contributed by atoms with Crippen LogP contribution in [0.5, 0.6) is 5.75 Å². The molecule has 1 atom stereocenters. The molecule has 0 unspecified atom stereocenters. The second-order valence-corrected chi connectivity index (χ2v) is 2.36. The fourth-order valence-corrected chi connectivity index (χ4v) is 0.868. The Balaban J connectivity index is 0.00000121. The van der Waals surface area contributed by atoms with Gasteiger partial charge in [0.25, 0.3) is 0 Å². The van der Waals surface area contributed by atoms with Gasteiger partial charge in [0.1, 0.15) is 5.75 Å². The number of phenolic OH excluding ortho intramolecular Hbond substituents is 1. The number of halogens is 1. The van der Waals surface area contributed by atoms with Gasteiger partial charge in [-0.05, 0) is 17.7 Å². The lowest BCUT2D eigenvalue weighted by atomic mass is 10.1. The van der Waals surface area contributed by atoms with E-state index in [-0.39, 0.29) is 24.2 Å². The summed E-state index contributed by atoms with van der Waals surface area (Å²) in [6, 6.07) is 6.66. The molecule has 0 saturated heterocycles. The van der Waals surface area contributed by atoms with Crippen molar-refractivity contribution < 1.29 is 5.11 Å². The van der Waals surface area contributed by atoms with E-state index in [0.29, 0.717) is 0 Å². The summed E-state index contributed by atoms with van der Waals surface area (Å²) in [6.45, 7) is 3.56. The molecule has 0 bridgehead atoms. The third-order valence-corrected chi connectivity index (χ3v) is 1.51. The average Bonchev–Trinajstić information content (AvgIpc) is 2.03. The van der Waals surface area contributed by atoms with Crippen LogP contribution in [0.2, 0.25) is 0 Å². The number of phenols is 1. The molecule has 0 amide bonds. The fourth-order valence-electron chi connectivity index (χ4n) is 0.868. The van der Waals surface area contributed by atoms with E-state index in [9.17, 15) is 0 Å². The Morgan fingerprint density at radius 2 is 2.17 bits per heavy atom. The van der Waals surface area contributed by atoms with Crippen molar-refractivity contribution in [3.05, 3.63) is 42.5 Å². The lowest BCUT2D eigenvalue weighted by Gasteiger charge is -2.05. The molecule has 0 aliphatic rings. The van der Waals surface area contributed by atoms with E-state index < -0.39 is 0 Å². The Morgan fingerprint density at radius 3 is 2.67 bits per heavy atom. The van der Waals surface area contributed by atoms with Gasteiger partial charge in [-0.2, -0.15) is 0 Å². The molecule has 0 aromatic heterocycles. The molecule has 0 spiro atoms. The maximum Gasteiger partial charge on any atom is 0.115 e. The van der Waals surface area contributed by atoms with Crippen LogP contribution in [0.3, 0.4) is 0 Å². The molecule has 3 heteroatoms. The van der Waals surface area contributed by atoms with E-state index in [0.717, 1.165) is 5.56 Å². The quantitative estimate of drug-likeness (QED) is 0.693. The molecule has 1 rings (SSSR count). The zero-order valence-electron chi connectivity index (χ0n) is 6.60. The molecule has 0 aliphatic carbocycles. The molecule has 0 aliphatic heterocycles. The summed E-state index contributed by atoms with van der Waals surface area (Å²) in [4.78, 5) is 0.